The molecule has 2 rings (SSSR count). The fourth-order valence-corrected chi connectivity index (χ4v) is 3.06. The fourth-order valence-electron chi connectivity index (χ4n) is 3.06. The van der Waals surface area contributed by atoms with E-state index in [9.17, 15) is 5.11 Å². The summed E-state index contributed by atoms with van der Waals surface area (Å²) in [6.07, 6.45) is 0. The average Bonchev–Trinajstić information content (AvgIpc) is 2.53. The lowest BCUT2D eigenvalue weighted by molar-refractivity contribution is 0.0157. The number of aliphatic hydroxyl groups is 1. The molecule has 0 fully saturated rings. The zero-order chi connectivity index (χ0) is 16.2. The summed E-state index contributed by atoms with van der Waals surface area (Å²) in [4.78, 5) is 0. The van der Waals surface area contributed by atoms with Crippen LogP contribution >= 0.6 is 0 Å². The van der Waals surface area contributed by atoms with E-state index < -0.39 is 5.60 Å². The number of benzene rings is 2. The standard InChI is InChI=1S/C20H27NO/c1-15(2)19(21-16(3)4)20(22,17-11-7-5-8-12-17)18-13-9-6-10-14-18/h5-16,19,21-22H,1-4H3/t19-/m1/s1. The lowest BCUT2D eigenvalue weighted by Crippen LogP contribution is -2.54. The average molecular weight is 297 g/mol. The van der Waals surface area contributed by atoms with Crippen molar-refractivity contribution in [2.45, 2.75) is 45.4 Å². The van der Waals surface area contributed by atoms with Gasteiger partial charge in [-0.2, -0.15) is 0 Å². The second-order valence-corrected chi connectivity index (χ2v) is 6.54. The van der Waals surface area contributed by atoms with Crippen molar-refractivity contribution in [2.75, 3.05) is 0 Å². The molecule has 0 amide bonds. The summed E-state index contributed by atoms with van der Waals surface area (Å²) in [5, 5.41) is 15.3. The molecule has 0 aliphatic rings. The molecule has 0 aliphatic carbocycles. The van der Waals surface area contributed by atoms with E-state index in [1.54, 1.807) is 0 Å². The summed E-state index contributed by atoms with van der Waals surface area (Å²) in [5.41, 5.74) is 0.794. The highest BCUT2D eigenvalue weighted by Gasteiger charge is 2.41. The summed E-state index contributed by atoms with van der Waals surface area (Å²) < 4.78 is 0. The maximum absolute atomic E-state index is 11.8. The number of nitrogens with one attached hydrogen (secondary N) is 1. The SMILES string of the molecule is CC(C)N[C@H](C(C)C)C(O)(c1ccccc1)c1ccccc1. The van der Waals surface area contributed by atoms with E-state index in [2.05, 4.69) is 33.0 Å². The first kappa shape index (κ1) is 16.7. The third kappa shape index (κ3) is 3.40. The quantitative estimate of drug-likeness (QED) is 0.846. The molecule has 2 heteroatoms. The molecule has 1 atom stereocenters. The Balaban J connectivity index is 2.59. The first-order chi connectivity index (χ1) is 10.5. The molecule has 22 heavy (non-hydrogen) atoms. The van der Waals surface area contributed by atoms with Crippen molar-refractivity contribution in [1.29, 1.82) is 0 Å². The lowest BCUT2D eigenvalue weighted by atomic mass is 9.75. The van der Waals surface area contributed by atoms with Crippen molar-refractivity contribution >= 4 is 0 Å². The molecule has 0 radical (unpaired) electrons. The summed E-state index contributed by atoms with van der Waals surface area (Å²) in [7, 11) is 0. The topological polar surface area (TPSA) is 32.3 Å². The van der Waals surface area contributed by atoms with Crippen LogP contribution in [0.5, 0.6) is 0 Å². The maximum Gasteiger partial charge on any atom is 0.130 e. The molecular formula is C20H27NO. The van der Waals surface area contributed by atoms with Gasteiger partial charge in [0, 0.05) is 12.1 Å². The number of rotatable bonds is 6. The summed E-state index contributed by atoms with van der Waals surface area (Å²) >= 11 is 0. The van der Waals surface area contributed by atoms with Gasteiger partial charge in [0.1, 0.15) is 5.60 Å². The van der Waals surface area contributed by atoms with E-state index in [0.717, 1.165) is 11.1 Å². The Morgan fingerprint density at radius 3 is 1.50 bits per heavy atom. The summed E-state index contributed by atoms with van der Waals surface area (Å²) in [6, 6.07) is 20.1. The van der Waals surface area contributed by atoms with Crippen LogP contribution in [0.25, 0.3) is 0 Å². The van der Waals surface area contributed by atoms with Crippen LogP contribution in [0.1, 0.15) is 38.8 Å². The molecule has 2 aromatic carbocycles. The minimum Gasteiger partial charge on any atom is -0.379 e. The van der Waals surface area contributed by atoms with Gasteiger partial charge in [-0.15, -0.1) is 0 Å². The third-order valence-electron chi connectivity index (χ3n) is 4.06. The third-order valence-corrected chi connectivity index (χ3v) is 4.06. The highest BCUT2D eigenvalue weighted by Crippen LogP contribution is 2.36. The molecule has 118 valence electrons. The molecule has 0 spiro atoms. The number of hydrogen-bond donors (Lipinski definition) is 2. The molecule has 0 heterocycles. The lowest BCUT2D eigenvalue weighted by Gasteiger charge is -2.41. The van der Waals surface area contributed by atoms with E-state index in [0.29, 0.717) is 6.04 Å². The first-order valence-corrected chi connectivity index (χ1v) is 8.05. The van der Waals surface area contributed by atoms with Crippen LogP contribution in [0.2, 0.25) is 0 Å². The Hall–Kier alpha value is -1.64. The largest absolute Gasteiger partial charge is 0.379 e. The number of hydrogen-bond acceptors (Lipinski definition) is 2. The Morgan fingerprint density at radius 2 is 1.18 bits per heavy atom. The Bertz CT molecular complexity index is 523. The van der Waals surface area contributed by atoms with E-state index in [-0.39, 0.29) is 12.0 Å². The normalized spacial score (nSPS) is 13.6. The zero-order valence-electron chi connectivity index (χ0n) is 14.0. The van der Waals surface area contributed by atoms with Crippen molar-refractivity contribution in [3.63, 3.8) is 0 Å². The Kier molecular flexibility index (Phi) is 5.38. The molecule has 0 saturated heterocycles. The van der Waals surface area contributed by atoms with Gasteiger partial charge in [0.05, 0.1) is 0 Å². The molecule has 0 bridgehead atoms. The second-order valence-electron chi connectivity index (χ2n) is 6.54. The molecular weight excluding hydrogens is 270 g/mol. The van der Waals surface area contributed by atoms with Gasteiger partial charge in [-0.25, -0.2) is 0 Å². The maximum atomic E-state index is 11.8. The van der Waals surface area contributed by atoms with Crippen LogP contribution in [0, 0.1) is 5.92 Å². The van der Waals surface area contributed by atoms with E-state index in [1.807, 2.05) is 60.7 Å². The van der Waals surface area contributed by atoms with Crippen LogP contribution in [0.3, 0.4) is 0 Å². The van der Waals surface area contributed by atoms with Crippen molar-refractivity contribution in [2.24, 2.45) is 5.92 Å². The van der Waals surface area contributed by atoms with Crippen LogP contribution in [0.15, 0.2) is 60.7 Å². The van der Waals surface area contributed by atoms with Gasteiger partial charge in [0.2, 0.25) is 0 Å². The molecule has 2 aromatic rings. The highest BCUT2D eigenvalue weighted by atomic mass is 16.3. The van der Waals surface area contributed by atoms with E-state index in [1.165, 1.54) is 0 Å². The Morgan fingerprint density at radius 1 is 0.773 bits per heavy atom. The second kappa shape index (κ2) is 7.08. The predicted octanol–water partition coefficient (Wildman–Crippen LogP) is 3.95. The minimum atomic E-state index is -1.05. The van der Waals surface area contributed by atoms with Gasteiger partial charge in [-0.05, 0) is 17.0 Å². The molecule has 2 N–H and O–H groups in total. The van der Waals surface area contributed by atoms with Crippen molar-refractivity contribution < 1.29 is 5.11 Å². The van der Waals surface area contributed by atoms with Gasteiger partial charge in [0.15, 0.2) is 0 Å². The summed E-state index contributed by atoms with van der Waals surface area (Å²) in [5.74, 6) is 0.285. The van der Waals surface area contributed by atoms with E-state index >= 15 is 0 Å². The highest BCUT2D eigenvalue weighted by molar-refractivity contribution is 5.38. The van der Waals surface area contributed by atoms with Gasteiger partial charge < -0.3 is 10.4 Å². The minimum absolute atomic E-state index is 0.0719. The van der Waals surface area contributed by atoms with Crippen LogP contribution < -0.4 is 5.32 Å². The molecule has 0 saturated carbocycles. The van der Waals surface area contributed by atoms with Crippen molar-refractivity contribution in [3.8, 4) is 0 Å². The van der Waals surface area contributed by atoms with Gasteiger partial charge in [-0.3, -0.25) is 0 Å². The van der Waals surface area contributed by atoms with E-state index in [4.69, 9.17) is 0 Å². The van der Waals surface area contributed by atoms with Crippen LogP contribution in [-0.2, 0) is 5.60 Å². The van der Waals surface area contributed by atoms with Crippen LogP contribution in [0.4, 0.5) is 0 Å². The predicted molar refractivity (Wildman–Crippen MR) is 92.8 cm³/mol. The van der Waals surface area contributed by atoms with Gasteiger partial charge in [0.25, 0.3) is 0 Å². The van der Waals surface area contributed by atoms with Crippen LogP contribution in [-0.4, -0.2) is 17.2 Å². The fraction of sp³-hybridized carbons (Fsp3) is 0.400. The van der Waals surface area contributed by atoms with Gasteiger partial charge >= 0.3 is 0 Å². The van der Waals surface area contributed by atoms with Crippen molar-refractivity contribution in [1.82, 2.24) is 5.32 Å². The van der Waals surface area contributed by atoms with Crippen molar-refractivity contribution in [3.05, 3.63) is 71.8 Å². The molecule has 0 unspecified atom stereocenters. The van der Waals surface area contributed by atoms with Gasteiger partial charge in [-0.1, -0.05) is 88.4 Å². The smallest absolute Gasteiger partial charge is 0.130 e. The summed E-state index contributed by atoms with van der Waals surface area (Å²) in [6.45, 7) is 8.53. The Labute approximate surface area is 134 Å². The molecule has 2 nitrogen and oxygen atoms in total. The molecule has 0 aliphatic heterocycles. The monoisotopic (exact) mass is 297 g/mol. The molecule has 0 aromatic heterocycles. The zero-order valence-corrected chi connectivity index (χ0v) is 14.0. The first-order valence-electron chi connectivity index (χ1n) is 8.05.